The maximum atomic E-state index is 15.1. The number of fused-ring (bicyclic) bond motifs is 2. The highest BCUT2D eigenvalue weighted by Crippen LogP contribution is 2.60. The molecule has 4 unspecified atom stereocenters. The van der Waals surface area contributed by atoms with Crippen LogP contribution in [0, 0.1) is 10.8 Å². The molecule has 2 saturated heterocycles. The first kappa shape index (κ1) is 27.5. The molecule has 3 aromatic heterocycles. The molecule has 0 aliphatic carbocycles. The molecule has 40 heavy (non-hydrogen) atoms. The van der Waals surface area contributed by atoms with Crippen LogP contribution in [0.5, 0.6) is 0 Å². The molecule has 2 aliphatic heterocycles. The zero-order valence-electron chi connectivity index (χ0n) is 22.9. The minimum absolute atomic E-state index is 0.0168. The Kier molecular flexibility index (Phi) is 7.73. The summed E-state index contributed by atoms with van der Waals surface area (Å²) in [6.07, 6.45) is 4.95. The molecule has 3 aromatic rings. The largest absolute Gasteiger partial charge is 0.465 e. The highest BCUT2D eigenvalue weighted by Gasteiger charge is 2.75. The lowest BCUT2D eigenvalue weighted by atomic mass is 9.54. The predicted octanol–water partition coefficient (Wildman–Crippen LogP) is 2.78. The van der Waals surface area contributed by atoms with Gasteiger partial charge in [-0.2, -0.15) is 0 Å². The van der Waals surface area contributed by atoms with E-state index in [1.165, 1.54) is 0 Å². The molecule has 0 radical (unpaired) electrons. The Bertz CT molecular complexity index is 1280. The third-order valence-electron chi connectivity index (χ3n) is 7.83. The molecule has 0 N–H and O–H groups in total. The number of ketones is 1. The van der Waals surface area contributed by atoms with E-state index in [4.69, 9.17) is 9.47 Å². The zero-order chi connectivity index (χ0) is 28.3. The molecule has 10 heteroatoms. The number of nitrogens with zero attached hydrogens (tertiary/aromatic N) is 5. The van der Waals surface area contributed by atoms with E-state index in [1.807, 2.05) is 47.2 Å². The number of ether oxygens (including phenoxy) is 2. The molecule has 5 rings (SSSR count). The number of carbonyl (C=O) groups is 3. The minimum atomic E-state index is -1.77. The highest BCUT2D eigenvalue weighted by atomic mass is 16.5. The highest BCUT2D eigenvalue weighted by molar-refractivity contribution is 6.17. The number of carbonyl (C=O) groups excluding carboxylic acids is 3. The lowest BCUT2D eigenvalue weighted by Gasteiger charge is -2.60. The van der Waals surface area contributed by atoms with Crippen molar-refractivity contribution >= 4 is 17.7 Å². The van der Waals surface area contributed by atoms with E-state index < -0.39 is 40.6 Å². The molecule has 10 nitrogen and oxygen atoms in total. The van der Waals surface area contributed by atoms with Gasteiger partial charge in [-0.15, -0.1) is 0 Å². The van der Waals surface area contributed by atoms with Crippen LogP contribution in [0.15, 0.2) is 73.2 Å². The van der Waals surface area contributed by atoms with Gasteiger partial charge >= 0.3 is 11.9 Å². The first-order valence-corrected chi connectivity index (χ1v) is 13.5. The maximum absolute atomic E-state index is 15.1. The second kappa shape index (κ2) is 11.2. The first-order chi connectivity index (χ1) is 19.4. The fourth-order valence-corrected chi connectivity index (χ4v) is 6.46. The van der Waals surface area contributed by atoms with E-state index in [0.29, 0.717) is 17.9 Å². The van der Waals surface area contributed by atoms with Gasteiger partial charge in [0.25, 0.3) is 0 Å². The van der Waals surface area contributed by atoms with Crippen molar-refractivity contribution < 1.29 is 23.9 Å². The monoisotopic (exact) mass is 543 g/mol. The van der Waals surface area contributed by atoms with Crippen LogP contribution < -0.4 is 0 Å². The van der Waals surface area contributed by atoms with E-state index in [0.717, 1.165) is 5.69 Å². The lowest BCUT2D eigenvalue weighted by molar-refractivity contribution is -0.206. The molecule has 0 spiro atoms. The van der Waals surface area contributed by atoms with Crippen molar-refractivity contribution in [2.24, 2.45) is 10.8 Å². The van der Waals surface area contributed by atoms with E-state index >= 15 is 4.79 Å². The summed E-state index contributed by atoms with van der Waals surface area (Å²) in [5, 5.41) is 0. The second-order valence-corrected chi connectivity index (χ2v) is 10.2. The first-order valence-electron chi connectivity index (χ1n) is 13.5. The summed E-state index contributed by atoms with van der Waals surface area (Å²) in [7, 11) is 1.81. The van der Waals surface area contributed by atoms with Crippen molar-refractivity contribution in [3.63, 3.8) is 0 Å². The summed E-state index contributed by atoms with van der Waals surface area (Å²) >= 11 is 0. The summed E-state index contributed by atoms with van der Waals surface area (Å²) in [4.78, 5) is 60.8. The molecule has 5 heterocycles. The van der Waals surface area contributed by atoms with Gasteiger partial charge in [0.2, 0.25) is 0 Å². The van der Waals surface area contributed by atoms with Crippen LogP contribution in [-0.4, -0.2) is 75.8 Å². The van der Waals surface area contributed by atoms with Gasteiger partial charge in [-0.05, 0) is 57.3 Å². The van der Waals surface area contributed by atoms with Crippen molar-refractivity contribution in [1.82, 2.24) is 24.8 Å². The van der Waals surface area contributed by atoms with Crippen LogP contribution in [0.25, 0.3) is 0 Å². The number of hydrogen-bond acceptors (Lipinski definition) is 10. The minimum Gasteiger partial charge on any atom is -0.465 e. The molecule has 2 aliphatic rings. The average Bonchev–Trinajstić information content (AvgIpc) is 2.96. The summed E-state index contributed by atoms with van der Waals surface area (Å²) in [5.41, 5.74) is -1.77. The molecule has 2 fully saturated rings. The van der Waals surface area contributed by atoms with E-state index in [1.54, 1.807) is 56.7 Å². The predicted molar refractivity (Wildman–Crippen MR) is 144 cm³/mol. The number of rotatable bonds is 8. The Hall–Kier alpha value is -4.02. The normalized spacial score (nSPS) is 26.7. The van der Waals surface area contributed by atoms with Gasteiger partial charge < -0.3 is 9.47 Å². The number of pyridine rings is 3. The lowest BCUT2D eigenvalue weighted by Crippen LogP contribution is -2.75. The van der Waals surface area contributed by atoms with Gasteiger partial charge in [0.1, 0.15) is 0 Å². The molecular formula is C30H33N5O5. The Morgan fingerprint density at radius 2 is 1.27 bits per heavy atom. The fourth-order valence-electron chi connectivity index (χ4n) is 6.46. The Morgan fingerprint density at radius 1 is 0.800 bits per heavy atom. The Balaban J connectivity index is 1.80. The topological polar surface area (TPSA) is 115 Å². The van der Waals surface area contributed by atoms with E-state index in [9.17, 15) is 9.59 Å². The number of esters is 2. The number of likely N-dealkylation sites (tertiary alicyclic amines) is 2. The number of piperidine rings is 2. The van der Waals surface area contributed by atoms with Crippen LogP contribution in [0.4, 0.5) is 0 Å². The summed E-state index contributed by atoms with van der Waals surface area (Å²) < 4.78 is 11.3. The quantitative estimate of drug-likeness (QED) is 0.310. The van der Waals surface area contributed by atoms with Crippen LogP contribution >= 0.6 is 0 Å². The molecule has 0 amide bonds. The summed E-state index contributed by atoms with van der Waals surface area (Å²) in [6, 6.07) is 14.6. The molecular weight excluding hydrogens is 510 g/mol. The van der Waals surface area contributed by atoms with Gasteiger partial charge in [-0.3, -0.25) is 39.1 Å². The Morgan fingerprint density at radius 3 is 1.68 bits per heavy atom. The van der Waals surface area contributed by atoms with E-state index in [-0.39, 0.29) is 26.3 Å². The number of hydrogen-bond donors (Lipinski definition) is 0. The molecule has 0 saturated carbocycles. The second-order valence-electron chi connectivity index (χ2n) is 10.2. The van der Waals surface area contributed by atoms with E-state index in [2.05, 4.69) is 15.0 Å². The van der Waals surface area contributed by atoms with Gasteiger partial charge in [0.15, 0.2) is 16.6 Å². The van der Waals surface area contributed by atoms with Crippen molar-refractivity contribution in [1.29, 1.82) is 0 Å². The van der Waals surface area contributed by atoms with Gasteiger partial charge in [-0.25, -0.2) is 0 Å². The van der Waals surface area contributed by atoms with Crippen molar-refractivity contribution in [3.05, 3.63) is 90.3 Å². The number of aromatic nitrogens is 3. The third-order valence-corrected chi connectivity index (χ3v) is 7.83. The van der Waals surface area contributed by atoms with Crippen LogP contribution in [-0.2, 0) is 30.4 Å². The van der Waals surface area contributed by atoms with Gasteiger partial charge in [0.05, 0.1) is 42.4 Å². The third kappa shape index (κ3) is 4.37. The van der Waals surface area contributed by atoms with Crippen LogP contribution in [0.3, 0.4) is 0 Å². The summed E-state index contributed by atoms with van der Waals surface area (Å²) in [6.45, 7) is 3.89. The summed E-state index contributed by atoms with van der Waals surface area (Å²) in [5.74, 6) is -1.92. The standard InChI is InChI=1S/C30H33N5O5/c1-4-39-27(37)29-19-35(18-21-12-6-9-15-31-21)20-30(26(29)36,28(38)40-5-2)25(23-14-8-11-17-33-23)34(3)24(29)22-13-7-10-16-32-22/h6-17,24-25H,4-5,18-20H2,1-3H3. The van der Waals surface area contributed by atoms with Crippen molar-refractivity contribution in [2.75, 3.05) is 33.4 Å². The molecule has 0 aromatic carbocycles. The van der Waals surface area contributed by atoms with Gasteiger partial charge in [-0.1, -0.05) is 18.2 Å². The van der Waals surface area contributed by atoms with Crippen molar-refractivity contribution in [2.45, 2.75) is 32.5 Å². The number of Topliss-reactive ketones (excluding diaryl/α,β-unsaturated/α-hetero) is 1. The van der Waals surface area contributed by atoms with Crippen LogP contribution in [0.1, 0.15) is 43.0 Å². The maximum Gasteiger partial charge on any atom is 0.323 e. The zero-order valence-corrected chi connectivity index (χ0v) is 22.9. The van der Waals surface area contributed by atoms with Crippen LogP contribution in [0.2, 0.25) is 0 Å². The SMILES string of the molecule is CCOC(=O)C12CN(Cc3ccccn3)CC(C(=O)OCC)(C1=O)C(c1ccccn1)N(C)C2c1ccccn1. The van der Waals surface area contributed by atoms with Crippen molar-refractivity contribution in [3.8, 4) is 0 Å². The Labute approximate surface area is 233 Å². The van der Waals surface area contributed by atoms with Gasteiger partial charge in [0, 0.05) is 38.2 Å². The molecule has 208 valence electrons. The molecule has 2 bridgehead atoms. The smallest absolute Gasteiger partial charge is 0.323 e. The molecule has 4 atom stereocenters. The fraction of sp³-hybridized carbons (Fsp3) is 0.400. The average molecular weight is 544 g/mol.